The van der Waals surface area contributed by atoms with Gasteiger partial charge >= 0.3 is 6.09 Å². The molecule has 1 fully saturated rings. The van der Waals surface area contributed by atoms with E-state index in [1.54, 1.807) is 6.92 Å². The average Bonchev–Trinajstić information content (AvgIpc) is 3.30. The topological polar surface area (TPSA) is 79.9 Å². The van der Waals surface area contributed by atoms with Gasteiger partial charge < -0.3 is 25.0 Å². The van der Waals surface area contributed by atoms with Crippen LogP contribution in [0.2, 0.25) is 0 Å². The van der Waals surface area contributed by atoms with Crippen molar-refractivity contribution in [2.24, 2.45) is 5.92 Å². The Morgan fingerprint density at radius 1 is 1.18 bits per heavy atom. The van der Waals surface area contributed by atoms with Crippen molar-refractivity contribution in [3.63, 3.8) is 0 Å². The van der Waals surface area contributed by atoms with Crippen molar-refractivity contribution in [1.82, 2.24) is 5.32 Å². The van der Waals surface area contributed by atoms with E-state index in [4.69, 9.17) is 9.47 Å². The van der Waals surface area contributed by atoms with Crippen LogP contribution < -0.4 is 15.5 Å². The van der Waals surface area contributed by atoms with E-state index < -0.39 is 6.09 Å². The summed E-state index contributed by atoms with van der Waals surface area (Å²) in [6.45, 7) is 9.79. The van der Waals surface area contributed by atoms with Crippen LogP contribution in [0.4, 0.5) is 16.2 Å². The lowest BCUT2D eigenvalue weighted by Gasteiger charge is -2.39. The number of benzene rings is 2. The van der Waals surface area contributed by atoms with Crippen molar-refractivity contribution in [1.29, 1.82) is 0 Å². The van der Waals surface area contributed by atoms with E-state index in [-0.39, 0.29) is 24.1 Å². The second-order valence-corrected chi connectivity index (χ2v) is 9.59. The molecule has 2 aromatic rings. The second-order valence-electron chi connectivity index (χ2n) is 9.59. The molecule has 0 radical (unpaired) electrons. The molecular formula is C27H35N3O4. The third-order valence-electron chi connectivity index (χ3n) is 6.47. The van der Waals surface area contributed by atoms with Gasteiger partial charge in [-0.25, -0.2) is 4.79 Å². The van der Waals surface area contributed by atoms with Gasteiger partial charge in [0.15, 0.2) is 0 Å². The van der Waals surface area contributed by atoms with Crippen molar-refractivity contribution >= 4 is 23.4 Å². The Labute approximate surface area is 201 Å². The summed E-state index contributed by atoms with van der Waals surface area (Å²) in [5, 5.41) is 6.55. The molecule has 2 N–H and O–H groups in total. The second kappa shape index (κ2) is 10.5. The molecule has 2 aromatic carbocycles. The molecule has 0 aliphatic carbocycles. The SMILES string of the molecule is CC(=O)N1c2ccc(-c3cccc(NCC4CCOC4)c3)cc2[C@H](NC(=O)OC(C)C)C[C@@H]1C. The molecule has 7 heteroatoms. The third-order valence-corrected chi connectivity index (χ3v) is 6.47. The number of carbonyl (C=O) groups excluding carboxylic acids is 2. The summed E-state index contributed by atoms with van der Waals surface area (Å²) in [5.74, 6) is 0.538. The molecule has 1 saturated heterocycles. The predicted molar refractivity (Wildman–Crippen MR) is 134 cm³/mol. The Hall–Kier alpha value is -3.06. The van der Waals surface area contributed by atoms with E-state index in [1.165, 1.54) is 0 Å². The van der Waals surface area contributed by atoms with Gasteiger partial charge in [-0.15, -0.1) is 0 Å². The highest BCUT2D eigenvalue weighted by Gasteiger charge is 2.33. The number of anilines is 2. The van der Waals surface area contributed by atoms with Crippen LogP contribution in [0.5, 0.6) is 0 Å². The van der Waals surface area contributed by atoms with Gasteiger partial charge in [-0.05, 0) is 74.6 Å². The van der Waals surface area contributed by atoms with Crippen LogP contribution >= 0.6 is 0 Å². The number of hydrogen-bond donors (Lipinski definition) is 2. The quantitative estimate of drug-likeness (QED) is 0.619. The van der Waals surface area contributed by atoms with Gasteiger partial charge in [0.1, 0.15) is 0 Å². The summed E-state index contributed by atoms with van der Waals surface area (Å²) in [6.07, 6.45) is 1.07. The lowest BCUT2D eigenvalue weighted by Crippen LogP contribution is -2.45. The fraction of sp³-hybridized carbons (Fsp3) is 0.481. The van der Waals surface area contributed by atoms with Crippen LogP contribution in [0.3, 0.4) is 0 Å². The molecule has 0 bridgehead atoms. The number of carbonyl (C=O) groups is 2. The van der Waals surface area contributed by atoms with Crippen molar-refractivity contribution in [3.05, 3.63) is 48.0 Å². The Morgan fingerprint density at radius 3 is 2.68 bits per heavy atom. The Morgan fingerprint density at radius 2 is 1.97 bits per heavy atom. The summed E-state index contributed by atoms with van der Waals surface area (Å²) in [6, 6.07) is 14.2. The number of ether oxygens (including phenoxy) is 2. The molecular weight excluding hydrogens is 430 g/mol. The predicted octanol–water partition coefficient (Wildman–Crippen LogP) is 5.12. The first-order valence-electron chi connectivity index (χ1n) is 12.1. The van der Waals surface area contributed by atoms with Gasteiger partial charge in [-0.3, -0.25) is 4.79 Å². The first-order valence-corrected chi connectivity index (χ1v) is 12.1. The first-order chi connectivity index (χ1) is 16.3. The highest BCUT2D eigenvalue weighted by atomic mass is 16.6. The molecule has 3 atom stereocenters. The van der Waals surface area contributed by atoms with E-state index in [0.29, 0.717) is 12.3 Å². The fourth-order valence-corrected chi connectivity index (χ4v) is 4.87. The van der Waals surface area contributed by atoms with Gasteiger partial charge in [-0.1, -0.05) is 18.2 Å². The van der Waals surface area contributed by atoms with Gasteiger partial charge in [0.2, 0.25) is 5.91 Å². The Balaban J connectivity index is 1.62. The monoisotopic (exact) mass is 465 g/mol. The highest BCUT2D eigenvalue weighted by Crippen LogP contribution is 2.40. The molecule has 4 rings (SSSR count). The fourth-order valence-electron chi connectivity index (χ4n) is 4.87. The summed E-state index contributed by atoms with van der Waals surface area (Å²) in [4.78, 5) is 26.6. The van der Waals surface area contributed by atoms with Crippen LogP contribution in [-0.2, 0) is 14.3 Å². The smallest absolute Gasteiger partial charge is 0.407 e. The summed E-state index contributed by atoms with van der Waals surface area (Å²) in [7, 11) is 0. The average molecular weight is 466 g/mol. The molecule has 0 spiro atoms. The van der Waals surface area contributed by atoms with Crippen molar-refractivity contribution in [3.8, 4) is 11.1 Å². The maximum atomic E-state index is 12.4. The molecule has 2 aliphatic rings. The third kappa shape index (κ3) is 5.53. The van der Waals surface area contributed by atoms with Crippen LogP contribution in [-0.4, -0.2) is 43.9 Å². The van der Waals surface area contributed by atoms with Crippen LogP contribution in [0.1, 0.15) is 52.1 Å². The molecule has 0 aromatic heterocycles. The molecule has 182 valence electrons. The Kier molecular flexibility index (Phi) is 7.41. The molecule has 2 heterocycles. The lowest BCUT2D eigenvalue weighted by molar-refractivity contribution is -0.117. The standard InChI is InChI=1S/C27H35N3O4/c1-17(2)34-27(32)29-25-12-18(3)30(19(4)31)26-9-8-22(14-24(25)26)21-6-5-7-23(13-21)28-15-20-10-11-33-16-20/h5-9,13-14,17-18,20,25,28H,10-12,15-16H2,1-4H3,(H,29,32)/t18-,20?,25+/m0/s1. The van der Waals surface area contributed by atoms with Gasteiger partial charge in [0.05, 0.1) is 18.8 Å². The minimum Gasteiger partial charge on any atom is -0.447 e. The van der Waals surface area contributed by atoms with Crippen LogP contribution in [0.15, 0.2) is 42.5 Å². The van der Waals surface area contributed by atoms with Crippen LogP contribution in [0.25, 0.3) is 11.1 Å². The number of rotatable bonds is 6. The number of nitrogens with zero attached hydrogens (tertiary/aromatic N) is 1. The Bertz CT molecular complexity index is 1030. The van der Waals surface area contributed by atoms with Gasteiger partial charge in [0.25, 0.3) is 0 Å². The summed E-state index contributed by atoms with van der Waals surface area (Å²) in [5.41, 5.74) is 4.94. The molecule has 34 heavy (non-hydrogen) atoms. The van der Waals surface area contributed by atoms with Crippen molar-refractivity contribution in [2.45, 2.75) is 58.7 Å². The zero-order chi connectivity index (χ0) is 24.2. The largest absolute Gasteiger partial charge is 0.447 e. The lowest BCUT2D eigenvalue weighted by atomic mass is 9.89. The molecule has 0 saturated carbocycles. The van der Waals surface area contributed by atoms with Crippen molar-refractivity contribution < 1.29 is 19.1 Å². The first kappa shape index (κ1) is 24.1. The zero-order valence-electron chi connectivity index (χ0n) is 20.5. The van der Waals surface area contributed by atoms with Crippen LogP contribution in [0, 0.1) is 5.92 Å². The number of amides is 2. The van der Waals surface area contributed by atoms with Crippen molar-refractivity contribution in [2.75, 3.05) is 30.0 Å². The van der Waals surface area contributed by atoms with E-state index in [1.807, 2.05) is 43.9 Å². The zero-order valence-corrected chi connectivity index (χ0v) is 20.5. The number of nitrogens with one attached hydrogen (secondary N) is 2. The number of alkyl carbamates (subject to hydrolysis) is 1. The number of fused-ring (bicyclic) bond motifs is 1. The maximum Gasteiger partial charge on any atom is 0.407 e. The molecule has 7 nitrogen and oxygen atoms in total. The molecule has 1 unspecified atom stereocenters. The molecule has 2 amide bonds. The highest BCUT2D eigenvalue weighted by molar-refractivity contribution is 5.94. The maximum absolute atomic E-state index is 12.4. The minimum absolute atomic E-state index is 0.00760. The van der Waals surface area contributed by atoms with E-state index in [9.17, 15) is 9.59 Å². The summed E-state index contributed by atoms with van der Waals surface area (Å²) < 4.78 is 10.8. The summed E-state index contributed by atoms with van der Waals surface area (Å²) >= 11 is 0. The normalized spacial score (nSPS) is 21.8. The van der Waals surface area contributed by atoms with E-state index in [0.717, 1.165) is 54.2 Å². The molecule has 2 aliphatic heterocycles. The number of hydrogen-bond acceptors (Lipinski definition) is 5. The minimum atomic E-state index is -0.443. The van der Waals surface area contributed by atoms with E-state index in [2.05, 4.69) is 34.9 Å². The van der Waals surface area contributed by atoms with Gasteiger partial charge in [-0.2, -0.15) is 0 Å². The van der Waals surface area contributed by atoms with Gasteiger partial charge in [0, 0.05) is 43.4 Å². The van der Waals surface area contributed by atoms with E-state index >= 15 is 0 Å².